The average molecular weight is 300 g/mol. The molecule has 0 aliphatic rings. The van der Waals surface area contributed by atoms with Crippen LogP contribution in [0.3, 0.4) is 0 Å². The second-order valence-electron chi connectivity index (χ2n) is 5.08. The highest BCUT2D eigenvalue weighted by atomic mass is 32.1. The predicted octanol–water partition coefficient (Wildman–Crippen LogP) is 2.23. The van der Waals surface area contributed by atoms with Gasteiger partial charge in [0.15, 0.2) is 0 Å². The molecule has 7 heteroatoms. The molecule has 0 saturated heterocycles. The summed E-state index contributed by atoms with van der Waals surface area (Å²) in [7, 11) is 1.28. The van der Waals surface area contributed by atoms with E-state index < -0.39 is 23.7 Å². The van der Waals surface area contributed by atoms with Gasteiger partial charge in [0, 0.05) is 6.54 Å². The third-order valence-electron chi connectivity index (χ3n) is 2.18. The van der Waals surface area contributed by atoms with E-state index in [0.717, 1.165) is 5.00 Å². The van der Waals surface area contributed by atoms with Gasteiger partial charge in [-0.2, -0.15) is 0 Å². The van der Waals surface area contributed by atoms with Crippen LogP contribution in [0.25, 0.3) is 0 Å². The normalized spacial score (nSPS) is 12.4. The third kappa shape index (κ3) is 5.92. The third-order valence-corrected chi connectivity index (χ3v) is 3.01. The van der Waals surface area contributed by atoms with Crippen LogP contribution in [0.1, 0.15) is 20.8 Å². The Bertz CT molecular complexity index is 440. The van der Waals surface area contributed by atoms with E-state index in [1.54, 1.807) is 20.8 Å². The highest BCUT2D eigenvalue weighted by Crippen LogP contribution is 2.14. The lowest BCUT2D eigenvalue weighted by Crippen LogP contribution is -2.47. The lowest BCUT2D eigenvalue weighted by molar-refractivity contribution is -0.142. The van der Waals surface area contributed by atoms with Crippen LogP contribution in [-0.2, 0) is 14.3 Å². The van der Waals surface area contributed by atoms with Crippen LogP contribution in [0.2, 0.25) is 0 Å². The summed E-state index contributed by atoms with van der Waals surface area (Å²) in [6.07, 6.45) is -0.652. The van der Waals surface area contributed by atoms with Gasteiger partial charge in [-0.3, -0.25) is 0 Å². The van der Waals surface area contributed by atoms with Gasteiger partial charge in [0.25, 0.3) is 0 Å². The first kappa shape index (κ1) is 16.3. The van der Waals surface area contributed by atoms with Crippen molar-refractivity contribution in [1.29, 1.82) is 0 Å². The molecule has 0 radical (unpaired) electrons. The number of carbonyl (C=O) groups excluding carboxylic acids is 2. The molecular formula is C13H20N2O4S. The quantitative estimate of drug-likeness (QED) is 0.815. The summed E-state index contributed by atoms with van der Waals surface area (Å²) in [4.78, 5) is 23.3. The van der Waals surface area contributed by atoms with Gasteiger partial charge in [-0.15, -0.1) is 11.3 Å². The van der Waals surface area contributed by atoms with Crippen LogP contribution in [0.5, 0.6) is 0 Å². The molecule has 0 aromatic carbocycles. The number of amides is 1. The minimum atomic E-state index is -0.808. The molecule has 1 unspecified atom stereocenters. The number of rotatable bonds is 5. The van der Waals surface area contributed by atoms with Crippen LogP contribution in [0.15, 0.2) is 17.5 Å². The molecule has 1 atom stereocenters. The number of ether oxygens (including phenoxy) is 2. The van der Waals surface area contributed by atoms with Crippen LogP contribution < -0.4 is 10.6 Å². The number of thiophene rings is 1. The largest absolute Gasteiger partial charge is 0.467 e. The summed E-state index contributed by atoms with van der Waals surface area (Å²) in [5, 5.41) is 8.37. The molecule has 6 nitrogen and oxygen atoms in total. The number of hydrogen-bond donors (Lipinski definition) is 2. The number of carbonyl (C=O) groups is 2. The molecule has 0 spiro atoms. The van der Waals surface area contributed by atoms with Crippen molar-refractivity contribution in [3.63, 3.8) is 0 Å². The van der Waals surface area contributed by atoms with Gasteiger partial charge in [-0.05, 0) is 38.3 Å². The van der Waals surface area contributed by atoms with Crippen molar-refractivity contribution < 1.29 is 19.1 Å². The van der Waals surface area contributed by atoms with Gasteiger partial charge in [-0.25, -0.2) is 9.59 Å². The van der Waals surface area contributed by atoms with E-state index in [-0.39, 0.29) is 6.54 Å². The van der Waals surface area contributed by atoms with Crippen molar-refractivity contribution in [2.75, 3.05) is 19.0 Å². The maximum absolute atomic E-state index is 11.7. The maximum atomic E-state index is 11.7. The monoisotopic (exact) mass is 300 g/mol. The van der Waals surface area contributed by atoms with E-state index in [0.29, 0.717) is 0 Å². The van der Waals surface area contributed by atoms with Gasteiger partial charge in [0.1, 0.15) is 11.6 Å². The number of methoxy groups -OCH3 is 1. The van der Waals surface area contributed by atoms with Gasteiger partial charge < -0.3 is 20.1 Å². The van der Waals surface area contributed by atoms with Crippen LogP contribution in [0, 0.1) is 0 Å². The Hall–Kier alpha value is -1.76. The Morgan fingerprint density at radius 3 is 2.60 bits per heavy atom. The average Bonchev–Trinajstić information content (AvgIpc) is 2.84. The number of esters is 1. The highest BCUT2D eigenvalue weighted by Gasteiger charge is 2.24. The fourth-order valence-electron chi connectivity index (χ4n) is 1.37. The molecule has 0 bridgehead atoms. The molecule has 0 fully saturated rings. The molecule has 1 heterocycles. The molecule has 0 saturated carbocycles. The molecule has 1 rings (SSSR count). The molecule has 0 aliphatic carbocycles. The Balaban J connectivity index is 2.56. The first-order chi connectivity index (χ1) is 9.31. The summed E-state index contributed by atoms with van der Waals surface area (Å²) in [6.45, 7) is 5.49. The van der Waals surface area contributed by atoms with Crippen molar-refractivity contribution in [2.24, 2.45) is 0 Å². The van der Waals surface area contributed by atoms with Crippen molar-refractivity contribution in [3.05, 3.63) is 17.5 Å². The van der Waals surface area contributed by atoms with E-state index in [9.17, 15) is 9.59 Å². The van der Waals surface area contributed by atoms with Gasteiger partial charge in [0.05, 0.1) is 12.1 Å². The SMILES string of the molecule is COC(=O)C(CNc1cccs1)NC(=O)OC(C)(C)C. The van der Waals surface area contributed by atoms with E-state index in [1.165, 1.54) is 18.4 Å². The molecule has 1 aromatic rings. The van der Waals surface area contributed by atoms with Gasteiger partial charge in [-0.1, -0.05) is 0 Å². The van der Waals surface area contributed by atoms with Crippen LogP contribution >= 0.6 is 11.3 Å². The molecule has 2 N–H and O–H groups in total. The second kappa shape index (κ2) is 7.14. The summed E-state index contributed by atoms with van der Waals surface area (Å²) in [5.74, 6) is -0.528. The number of nitrogens with one attached hydrogen (secondary N) is 2. The first-order valence-electron chi connectivity index (χ1n) is 6.16. The van der Waals surface area contributed by atoms with Crippen LogP contribution in [0.4, 0.5) is 9.80 Å². The molecule has 1 aromatic heterocycles. The second-order valence-corrected chi connectivity index (χ2v) is 6.03. The van der Waals surface area contributed by atoms with E-state index in [2.05, 4.69) is 15.4 Å². The summed E-state index contributed by atoms with van der Waals surface area (Å²) in [5.41, 5.74) is -0.619. The van der Waals surface area contributed by atoms with Crippen molar-refractivity contribution in [3.8, 4) is 0 Å². The minimum absolute atomic E-state index is 0.229. The smallest absolute Gasteiger partial charge is 0.408 e. The Labute approximate surface area is 122 Å². The lowest BCUT2D eigenvalue weighted by Gasteiger charge is -2.22. The lowest BCUT2D eigenvalue weighted by atomic mass is 10.2. The molecule has 0 aliphatic heterocycles. The van der Waals surface area contributed by atoms with Crippen molar-refractivity contribution in [1.82, 2.24) is 5.32 Å². The van der Waals surface area contributed by atoms with Gasteiger partial charge >= 0.3 is 12.1 Å². The van der Waals surface area contributed by atoms with Gasteiger partial charge in [0.2, 0.25) is 0 Å². The molecular weight excluding hydrogens is 280 g/mol. The molecule has 112 valence electrons. The standard InChI is InChI=1S/C13H20N2O4S/c1-13(2,3)19-12(17)15-9(11(16)18-4)8-14-10-6-5-7-20-10/h5-7,9,14H,8H2,1-4H3,(H,15,17). The minimum Gasteiger partial charge on any atom is -0.467 e. The number of anilines is 1. The first-order valence-corrected chi connectivity index (χ1v) is 7.04. The number of hydrogen-bond acceptors (Lipinski definition) is 6. The van der Waals surface area contributed by atoms with Crippen molar-refractivity contribution >= 4 is 28.4 Å². The fraction of sp³-hybridized carbons (Fsp3) is 0.538. The maximum Gasteiger partial charge on any atom is 0.408 e. The highest BCUT2D eigenvalue weighted by molar-refractivity contribution is 7.14. The zero-order valence-electron chi connectivity index (χ0n) is 12.1. The summed E-state index contributed by atoms with van der Waals surface area (Å²) in [6, 6.07) is 2.96. The Morgan fingerprint density at radius 1 is 1.40 bits per heavy atom. The number of alkyl carbamates (subject to hydrolysis) is 1. The molecule has 20 heavy (non-hydrogen) atoms. The Kier molecular flexibility index (Phi) is 5.82. The molecule has 1 amide bonds. The van der Waals surface area contributed by atoms with E-state index in [1.807, 2.05) is 17.5 Å². The van der Waals surface area contributed by atoms with E-state index in [4.69, 9.17) is 4.74 Å². The summed E-state index contributed by atoms with van der Waals surface area (Å²) >= 11 is 1.51. The topological polar surface area (TPSA) is 76.7 Å². The summed E-state index contributed by atoms with van der Waals surface area (Å²) < 4.78 is 9.78. The van der Waals surface area contributed by atoms with Crippen molar-refractivity contribution in [2.45, 2.75) is 32.4 Å². The van der Waals surface area contributed by atoms with Crippen LogP contribution in [-0.4, -0.2) is 37.4 Å². The predicted molar refractivity (Wildman–Crippen MR) is 78.0 cm³/mol. The fourth-order valence-corrected chi connectivity index (χ4v) is 1.99. The zero-order chi connectivity index (χ0) is 15.2. The van der Waals surface area contributed by atoms with E-state index >= 15 is 0 Å². The Morgan fingerprint density at radius 2 is 2.10 bits per heavy atom. The zero-order valence-corrected chi connectivity index (χ0v) is 12.9.